The van der Waals surface area contributed by atoms with Gasteiger partial charge in [-0.1, -0.05) is 15.9 Å². The monoisotopic (exact) mass is 278 g/mol. The molecule has 0 aliphatic rings. The van der Waals surface area contributed by atoms with E-state index in [1.54, 1.807) is 0 Å². The van der Waals surface area contributed by atoms with Crippen LogP contribution in [0.25, 0.3) is 0 Å². The van der Waals surface area contributed by atoms with Gasteiger partial charge < -0.3 is 5.73 Å². The zero-order chi connectivity index (χ0) is 11.6. The van der Waals surface area contributed by atoms with Crippen LogP contribution in [0.2, 0.25) is 0 Å². The van der Waals surface area contributed by atoms with Crippen molar-refractivity contribution in [2.24, 2.45) is 5.73 Å². The molecular weight excluding hydrogens is 273 g/mol. The Morgan fingerprint density at radius 3 is 2.40 bits per heavy atom. The Morgan fingerprint density at radius 1 is 1.40 bits per heavy atom. The molecule has 0 aliphatic carbocycles. The lowest BCUT2D eigenvalue weighted by atomic mass is 10.0. The third kappa shape index (κ3) is 2.49. The van der Waals surface area contributed by atoms with Gasteiger partial charge in [-0.15, -0.1) is 0 Å². The molecule has 2 N–H and O–H groups in total. The minimum Gasteiger partial charge on any atom is -0.326 e. The second kappa shape index (κ2) is 4.21. The lowest BCUT2D eigenvalue weighted by Gasteiger charge is -2.11. The van der Waals surface area contributed by atoms with Gasteiger partial charge in [-0.05, 0) is 17.7 Å². The van der Waals surface area contributed by atoms with Crippen molar-refractivity contribution >= 4 is 15.9 Å². The molecule has 0 bridgehead atoms. The number of nitrogens with zero attached hydrogens (tertiary/aromatic N) is 1. The molecule has 2 nitrogen and oxygen atoms in total. The lowest BCUT2D eigenvalue weighted by Crippen LogP contribution is -2.10. The minimum absolute atomic E-state index is 0.0185. The van der Waals surface area contributed by atoms with Gasteiger partial charge in [0.15, 0.2) is 0 Å². The molecule has 0 aromatic heterocycles. The van der Waals surface area contributed by atoms with Gasteiger partial charge in [0.05, 0.1) is 17.2 Å². The molecule has 0 unspecified atom stereocenters. The minimum atomic E-state index is -4.53. The number of benzene rings is 1. The molecule has 15 heavy (non-hydrogen) atoms. The highest BCUT2D eigenvalue weighted by molar-refractivity contribution is 9.10. The predicted octanol–water partition coefficient (Wildman–Crippen LogP) is 2.80. The average Bonchev–Trinajstić information content (AvgIpc) is 2.15. The highest BCUT2D eigenvalue weighted by Gasteiger charge is 2.34. The van der Waals surface area contributed by atoms with Crippen LogP contribution in [0, 0.1) is 11.3 Å². The molecule has 1 rings (SSSR count). The van der Waals surface area contributed by atoms with E-state index in [4.69, 9.17) is 11.0 Å². The molecule has 6 heteroatoms. The molecule has 0 saturated heterocycles. The first-order chi connectivity index (χ1) is 6.90. The van der Waals surface area contributed by atoms with Crippen molar-refractivity contribution in [3.05, 3.63) is 33.3 Å². The molecule has 0 fully saturated rings. The Kier molecular flexibility index (Phi) is 3.37. The van der Waals surface area contributed by atoms with Crippen molar-refractivity contribution in [1.29, 1.82) is 5.26 Å². The number of nitriles is 1. The fourth-order valence-corrected chi connectivity index (χ4v) is 1.61. The first-order valence-electron chi connectivity index (χ1n) is 3.90. The van der Waals surface area contributed by atoms with Crippen LogP contribution < -0.4 is 5.73 Å². The highest BCUT2D eigenvalue weighted by atomic mass is 79.9. The molecule has 1 aromatic carbocycles. The maximum atomic E-state index is 12.5. The average molecular weight is 279 g/mol. The van der Waals surface area contributed by atoms with E-state index >= 15 is 0 Å². The second-order valence-electron chi connectivity index (χ2n) is 2.80. The summed E-state index contributed by atoms with van der Waals surface area (Å²) in [5.74, 6) is 0. The van der Waals surface area contributed by atoms with Gasteiger partial charge in [0.25, 0.3) is 0 Å². The Labute approximate surface area is 92.6 Å². The molecule has 0 radical (unpaired) electrons. The van der Waals surface area contributed by atoms with Crippen molar-refractivity contribution in [3.8, 4) is 6.07 Å². The van der Waals surface area contributed by atoms with Crippen molar-refractivity contribution in [3.63, 3.8) is 0 Å². The van der Waals surface area contributed by atoms with Crippen LogP contribution in [0.5, 0.6) is 0 Å². The quantitative estimate of drug-likeness (QED) is 0.859. The van der Waals surface area contributed by atoms with Gasteiger partial charge in [-0.25, -0.2) is 0 Å². The Hall–Kier alpha value is -1.06. The zero-order valence-electron chi connectivity index (χ0n) is 7.40. The number of hydrogen-bond donors (Lipinski definition) is 1. The van der Waals surface area contributed by atoms with Crippen molar-refractivity contribution in [2.45, 2.75) is 12.7 Å². The van der Waals surface area contributed by atoms with Crippen molar-refractivity contribution in [2.75, 3.05) is 0 Å². The van der Waals surface area contributed by atoms with E-state index in [0.717, 1.165) is 12.1 Å². The van der Waals surface area contributed by atoms with E-state index in [1.807, 2.05) is 0 Å². The molecule has 0 heterocycles. The second-order valence-corrected chi connectivity index (χ2v) is 3.66. The van der Waals surface area contributed by atoms with Crippen LogP contribution in [0.4, 0.5) is 13.2 Å². The standard InChI is InChI=1S/C9H6BrF3N2/c10-8-2-5(3-14)7(9(11,12)13)1-6(8)4-15/h1-2H,4,15H2. The SMILES string of the molecule is N#Cc1cc(Br)c(CN)cc1C(F)(F)F. The molecule has 0 aliphatic heterocycles. The summed E-state index contributed by atoms with van der Waals surface area (Å²) < 4.78 is 37.8. The third-order valence-corrected chi connectivity index (χ3v) is 2.57. The number of halogens is 4. The van der Waals surface area contributed by atoms with E-state index in [9.17, 15) is 13.2 Å². The van der Waals surface area contributed by atoms with Crippen LogP contribution in [0.15, 0.2) is 16.6 Å². The molecule has 0 atom stereocenters. The smallest absolute Gasteiger partial charge is 0.326 e. The van der Waals surface area contributed by atoms with Crippen LogP contribution in [0.1, 0.15) is 16.7 Å². The number of nitrogens with two attached hydrogens (primary N) is 1. The van der Waals surface area contributed by atoms with E-state index in [1.165, 1.54) is 6.07 Å². The van der Waals surface area contributed by atoms with Crippen molar-refractivity contribution in [1.82, 2.24) is 0 Å². The van der Waals surface area contributed by atoms with E-state index < -0.39 is 17.3 Å². The Bertz CT molecular complexity index is 421. The third-order valence-electron chi connectivity index (χ3n) is 1.83. The highest BCUT2D eigenvalue weighted by Crippen LogP contribution is 2.34. The number of rotatable bonds is 1. The number of alkyl halides is 3. The molecule has 0 saturated carbocycles. The van der Waals surface area contributed by atoms with E-state index in [-0.39, 0.29) is 6.54 Å². The summed E-state index contributed by atoms with van der Waals surface area (Å²) in [4.78, 5) is 0. The summed E-state index contributed by atoms with van der Waals surface area (Å²) in [6.45, 7) is -0.0185. The summed E-state index contributed by atoms with van der Waals surface area (Å²) in [6.07, 6.45) is -4.53. The largest absolute Gasteiger partial charge is 0.417 e. The Balaban J connectivity index is 3.44. The molecule has 0 amide bonds. The Morgan fingerprint density at radius 2 is 2.00 bits per heavy atom. The maximum Gasteiger partial charge on any atom is 0.417 e. The molecule has 80 valence electrons. The normalized spacial score (nSPS) is 11.2. The summed E-state index contributed by atoms with van der Waals surface area (Å²) in [7, 11) is 0. The van der Waals surface area contributed by atoms with Gasteiger partial charge in [0.2, 0.25) is 0 Å². The maximum absolute atomic E-state index is 12.5. The first-order valence-corrected chi connectivity index (χ1v) is 4.69. The zero-order valence-corrected chi connectivity index (χ0v) is 8.98. The van der Waals surface area contributed by atoms with Crippen LogP contribution in [-0.2, 0) is 12.7 Å². The lowest BCUT2D eigenvalue weighted by molar-refractivity contribution is -0.137. The number of hydrogen-bond acceptors (Lipinski definition) is 2. The molecule has 0 spiro atoms. The van der Waals surface area contributed by atoms with Crippen LogP contribution in [0.3, 0.4) is 0 Å². The topological polar surface area (TPSA) is 49.8 Å². The van der Waals surface area contributed by atoms with Gasteiger partial charge in [-0.2, -0.15) is 18.4 Å². The summed E-state index contributed by atoms with van der Waals surface area (Å²) >= 11 is 3.05. The fourth-order valence-electron chi connectivity index (χ4n) is 1.10. The van der Waals surface area contributed by atoms with Crippen molar-refractivity contribution < 1.29 is 13.2 Å². The summed E-state index contributed by atoms with van der Waals surface area (Å²) in [5, 5.41) is 8.57. The molecular formula is C9H6BrF3N2. The predicted molar refractivity (Wildman–Crippen MR) is 51.8 cm³/mol. The van der Waals surface area contributed by atoms with Gasteiger partial charge in [0.1, 0.15) is 0 Å². The fraction of sp³-hybridized carbons (Fsp3) is 0.222. The first kappa shape index (κ1) is 12.0. The van der Waals surface area contributed by atoms with E-state index in [2.05, 4.69) is 15.9 Å². The van der Waals surface area contributed by atoms with Gasteiger partial charge in [-0.3, -0.25) is 0 Å². The van der Waals surface area contributed by atoms with Gasteiger partial charge in [0, 0.05) is 11.0 Å². The van der Waals surface area contributed by atoms with Gasteiger partial charge >= 0.3 is 6.18 Å². The summed E-state index contributed by atoms with van der Waals surface area (Å²) in [5.41, 5.74) is 4.23. The summed E-state index contributed by atoms with van der Waals surface area (Å²) in [6, 6.07) is 3.52. The van der Waals surface area contributed by atoms with E-state index in [0.29, 0.717) is 10.0 Å². The molecule has 1 aromatic rings. The van der Waals surface area contributed by atoms with Crippen LogP contribution >= 0.6 is 15.9 Å². The van der Waals surface area contributed by atoms with Crippen LogP contribution in [-0.4, -0.2) is 0 Å².